The van der Waals surface area contributed by atoms with E-state index in [4.69, 9.17) is 0 Å². The van der Waals surface area contributed by atoms with Gasteiger partial charge in [0, 0.05) is 24.7 Å². The first-order valence-corrected chi connectivity index (χ1v) is 8.46. The summed E-state index contributed by atoms with van der Waals surface area (Å²) in [5.41, 5.74) is 1.02. The number of aromatic nitrogens is 5. The molecule has 27 heavy (non-hydrogen) atoms. The van der Waals surface area contributed by atoms with Gasteiger partial charge < -0.3 is 15.2 Å². The third kappa shape index (κ3) is 3.49. The van der Waals surface area contributed by atoms with Crippen molar-refractivity contribution in [2.24, 2.45) is 5.92 Å². The Hall–Kier alpha value is -2.98. The van der Waals surface area contributed by atoms with E-state index in [9.17, 15) is 18.0 Å². The van der Waals surface area contributed by atoms with Crippen LogP contribution in [0.1, 0.15) is 12.8 Å². The zero-order valence-corrected chi connectivity index (χ0v) is 14.1. The Bertz CT molecular complexity index is 987. The van der Waals surface area contributed by atoms with Gasteiger partial charge in [-0.15, -0.1) is 10.2 Å². The number of halogens is 3. The van der Waals surface area contributed by atoms with Gasteiger partial charge in [-0.05, 0) is 18.9 Å². The van der Waals surface area contributed by atoms with Crippen molar-refractivity contribution in [1.82, 2.24) is 30.5 Å². The fourth-order valence-electron chi connectivity index (χ4n) is 3.38. The van der Waals surface area contributed by atoms with E-state index in [2.05, 4.69) is 25.1 Å². The number of nitrogens with zero attached hydrogens (tertiary/aromatic N) is 5. The Morgan fingerprint density at radius 1 is 1.33 bits per heavy atom. The molecule has 0 aliphatic carbocycles. The molecule has 1 aliphatic rings. The monoisotopic (exact) mass is 379 g/mol. The maximum atomic E-state index is 12.4. The van der Waals surface area contributed by atoms with Crippen LogP contribution in [-0.4, -0.2) is 56.9 Å². The van der Waals surface area contributed by atoms with Gasteiger partial charge in [0.2, 0.25) is 5.91 Å². The normalized spacial score (nSPS) is 18.2. The number of rotatable bonds is 3. The van der Waals surface area contributed by atoms with Crippen molar-refractivity contribution >= 4 is 33.8 Å². The third-order valence-electron chi connectivity index (χ3n) is 4.60. The number of anilines is 1. The molecule has 0 radical (unpaired) electrons. The van der Waals surface area contributed by atoms with E-state index in [1.807, 2.05) is 16.3 Å². The minimum absolute atomic E-state index is 0.282. The van der Waals surface area contributed by atoms with E-state index in [1.54, 1.807) is 6.20 Å². The number of H-pyrrole nitrogens is 1. The Morgan fingerprint density at radius 2 is 2.19 bits per heavy atom. The first-order valence-electron chi connectivity index (χ1n) is 8.46. The molecule has 4 rings (SSSR count). The van der Waals surface area contributed by atoms with Crippen molar-refractivity contribution in [2.75, 3.05) is 24.5 Å². The fourth-order valence-corrected chi connectivity index (χ4v) is 3.38. The predicted molar refractivity (Wildman–Crippen MR) is 91.0 cm³/mol. The van der Waals surface area contributed by atoms with E-state index in [0.717, 1.165) is 5.39 Å². The molecule has 1 saturated heterocycles. The molecule has 8 nitrogen and oxygen atoms in total. The summed E-state index contributed by atoms with van der Waals surface area (Å²) < 4.78 is 37.1. The maximum Gasteiger partial charge on any atom is 0.405 e. The van der Waals surface area contributed by atoms with Crippen LogP contribution in [0.25, 0.3) is 22.1 Å². The standard InChI is InChI=1S/C16H16F3N7O/c17-16(18,19)7-21-15(27)9-2-1-5-26(6-9)14-11-10-3-4-20-12(10)24-25-13(11)22-8-23-14/h3-4,8-9H,1-2,5-7H2,(H,20,24)(H,21,27). The zero-order valence-electron chi connectivity index (χ0n) is 14.1. The molecule has 3 aromatic rings. The van der Waals surface area contributed by atoms with Crippen LogP contribution in [0.4, 0.5) is 19.0 Å². The molecule has 3 aromatic heterocycles. The van der Waals surface area contributed by atoms with Gasteiger partial charge in [-0.25, -0.2) is 9.97 Å². The van der Waals surface area contributed by atoms with E-state index in [0.29, 0.717) is 41.9 Å². The first kappa shape index (κ1) is 17.4. The number of nitrogens with one attached hydrogen (secondary N) is 2. The minimum atomic E-state index is -4.43. The highest BCUT2D eigenvalue weighted by molar-refractivity contribution is 6.07. The lowest BCUT2D eigenvalue weighted by molar-refractivity contribution is -0.140. The second-order valence-electron chi connectivity index (χ2n) is 6.45. The number of carbonyl (C=O) groups is 1. The number of piperidine rings is 1. The van der Waals surface area contributed by atoms with Crippen LogP contribution < -0.4 is 10.2 Å². The lowest BCUT2D eigenvalue weighted by atomic mass is 9.97. The van der Waals surface area contributed by atoms with Crippen molar-refractivity contribution in [3.8, 4) is 0 Å². The molecule has 1 amide bonds. The van der Waals surface area contributed by atoms with Crippen molar-refractivity contribution < 1.29 is 18.0 Å². The lowest BCUT2D eigenvalue weighted by Gasteiger charge is -2.33. The van der Waals surface area contributed by atoms with Crippen molar-refractivity contribution in [2.45, 2.75) is 19.0 Å². The molecule has 1 aliphatic heterocycles. The topological polar surface area (TPSA) is 99.7 Å². The van der Waals surface area contributed by atoms with E-state index < -0.39 is 24.5 Å². The van der Waals surface area contributed by atoms with Crippen LogP contribution in [0, 0.1) is 5.92 Å². The number of carbonyl (C=O) groups excluding carboxylic acids is 1. The number of aromatic amines is 1. The molecule has 142 valence electrons. The molecule has 0 bridgehead atoms. The van der Waals surface area contributed by atoms with Crippen LogP contribution in [0.2, 0.25) is 0 Å². The second-order valence-corrected chi connectivity index (χ2v) is 6.45. The highest BCUT2D eigenvalue weighted by atomic mass is 19.4. The van der Waals surface area contributed by atoms with Crippen LogP contribution in [0.15, 0.2) is 18.6 Å². The summed E-state index contributed by atoms with van der Waals surface area (Å²) in [6, 6.07) is 1.84. The van der Waals surface area contributed by atoms with Gasteiger partial charge in [-0.1, -0.05) is 0 Å². The molecule has 1 atom stereocenters. The van der Waals surface area contributed by atoms with Gasteiger partial charge in [0.15, 0.2) is 11.3 Å². The van der Waals surface area contributed by atoms with Gasteiger partial charge >= 0.3 is 6.18 Å². The van der Waals surface area contributed by atoms with E-state index in [-0.39, 0.29) is 6.54 Å². The van der Waals surface area contributed by atoms with Crippen LogP contribution >= 0.6 is 0 Å². The summed E-state index contributed by atoms with van der Waals surface area (Å²) in [7, 11) is 0. The summed E-state index contributed by atoms with van der Waals surface area (Å²) in [6.45, 7) is -0.397. The van der Waals surface area contributed by atoms with Crippen LogP contribution in [0.5, 0.6) is 0 Å². The predicted octanol–water partition coefficient (Wildman–Crippen LogP) is 1.80. The van der Waals surface area contributed by atoms with E-state index >= 15 is 0 Å². The van der Waals surface area contributed by atoms with E-state index in [1.165, 1.54) is 6.33 Å². The smallest absolute Gasteiger partial charge is 0.355 e. The number of hydrogen-bond donors (Lipinski definition) is 2. The SMILES string of the molecule is O=C(NCC(F)(F)F)C1CCCN(c2ncnc3nnc4[nH]ccc4c23)C1. The Morgan fingerprint density at radius 3 is 3.00 bits per heavy atom. The molecule has 1 fully saturated rings. The molecule has 0 saturated carbocycles. The van der Waals surface area contributed by atoms with Crippen LogP contribution in [0.3, 0.4) is 0 Å². The second kappa shape index (κ2) is 6.63. The summed E-state index contributed by atoms with van der Waals surface area (Å²) >= 11 is 0. The van der Waals surface area contributed by atoms with Crippen LogP contribution in [-0.2, 0) is 4.79 Å². The molecular formula is C16H16F3N7O. The van der Waals surface area contributed by atoms with Gasteiger partial charge in [-0.2, -0.15) is 13.2 Å². The average molecular weight is 379 g/mol. The van der Waals surface area contributed by atoms with Gasteiger partial charge in [0.25, 0.3) is 0 Å². The van der Waals surface area contributed by atoms with Crippen molar-refractivity contribution in [3.63, 3.8) is 0 Å². The summed E-state index contributed by atoms with van der Waals surface area (Å²) in [4.78, 5) is 25.6. The molecule has 0 aromatic carbocycles. The van der Waals surface area contributed by atoms with Gasteiger partial charge in [0.05, 0.1) is 11.3 Å². The molecule has 0 spiro atoms. The highest BCUT2D eigenvalue weighted by Gasteiger charge is 2.32. The van der Waals surface area contributed by atoms with Crippen molar-refractivity contribution in [3.05, 3.63) is 18.6 Å². The third-order valence-corrected chi connectivity index (χ3v) is 4.60. The largest absolute Gasteiger partial charge is 0.405 e. The first-order chi connectivity index (χ1) is 12.9. The summed E-state index contributed by atoms with van der Waals surface area (Å²) in [5.74, 6) is -0.530. The highest BCUT2D eigenvalue weighted by Crippen LogP contribution is 2.31. The lowest BCUT2D eigenvalue weighted by Crippen LogP contribution is -2.45. The minimum Gasteiger partial charge on any atom is -0.355 e. The Labute approximate surface area is 151 Å². The van der Waals surface area contributed by atoms with Crippen molar-refractivity contribution in [1.29, 1.82) is 0 Å². The summed E-state index contributed by atoms with van der Waals surface area (Å²) in [6.07, 6.45) is -0.115. The number of fused-ring (bicyclic) bond motifs is 3. The maximum absolute atomic E-state index is 12.4. The number of hydrogen-bond acceptors (Lipinski definition) is 6. The quantitative estimate of drug-likeness (QED) is 0.720. The fraction of sp³-hybridized carbons (Fsp3) is 0.438. The zero-order chi connectivity index (χ0) is 19.0. The number of alkyl halides is 3. The van der Waals surface area contributed by atoms with Gasteiger partial charge in [-0.3, -0.25) is 4.79 Å². The molecule has 4 heterocycles. The molecule has 11 heteroatoms. The average Bonchev–Trinajstić information content (AvgIpc) is 3.14. The van der Waals surface area contributed by atoms with Gasteiger partial charge in [0.1, 0.15) is 18.7 Å². The summed E-state index contributed by atoms with van der Waals surface area (Å²) in [5, 5.41) is 11.6. The number of amides is 1. The molecule has 2 N–H and O–H groups in total. The Kier molecular flexibility index (Phi) is 4.28. The molecule has 1 unspecified atom stereocenters. The Balaban J connectivity index is 1.62. The molecular weight excluding hydrogens is 363 g/mol.